The number of epoxide rings is 1. The highest BCUT2D eigenvalue weighted by Crippen LogP contribution is 2.46. The van der Waals surface area contributed by atoms with Crippen molar-refractivity contribution in [3.8, 4) is 0 Å². The third-order valence-electron chi connectivity index (χ3n) is 4.92. The van der Waals surface area contributed by atoms with E-state index >= 15 is 0 Å². The minimum absolute atomic E-state index is 0.0442. The summed E-state index contributed by atoms with van der Waals surface area (Å²) in [4.78, 5) is 11.0. The second-order valence-electron chi connectivity index (χ2n) is 8.31. The summed E-state index contributed by atoms with van der Waals surface area (Å²) in [6.07, 6.45) is 8.76. The van der Waals surface area contributed by atoms with Crippen LogP contribution in [0.15, 0.2) is 23.8 Å². The quantitative estimate of drug-likeness (QED) is 0.599. The molecule has 1 spiro atoms. The molecule has 3 aliphatic heterocycles. The lowest BCUT2D eigenvalue weighted by Gasteiger charge is -2.38. The highest BCUT2D eigenvalue weighted by molar-refractivity contribution is 5.73. The maximum atomic E-state index is 11.0. The van der Waals surface area contributed by atoms with Crippen LogP contribution in [0.25, 0.3) is 0 Å². The molecule has 1 N–H and O–H groups in total. The van der Waals surface area contributed by atoms with Gasteiger partial charge in [0.25, 0.3) is 0 Å². The molecular formula is C20H31NO5. The maximum absolute atomic E-state index is 11.0. The summed E-state index contributed by atoms with van der Waals surface area (Å²) >= 11 is 0. The highest BCUT2D eigenvalue weighted by atomic mass is 16.7. The van der Waals surface area contributed by atoms with Crippen molar-refractivity contribution in [2.24, 2.45) is 0 Å². The van der Waals surface area contributed by atoms with Crippen molar-refractivity contribution in [1.82, 2.24) is 5.32 Å². The predicted octanol–water partition coefficient (Wildman–Crippen LogP) is 2.48. The fraction of sp³-hybridized carbons (Fsp3) is 0.750. The monoisotopic (exact) mass is 365 g/mol. The van der Waals surface area contributed by atoms with E-state index in [0.717, 1.165) is 25.0 Å². The van der Waals surface area contributed by atoms with Gasteiger partial charge >= 0.3 is 0 Å². The van der Waals surface area contributed by atoms with Gasteiger partial charge < -0.3 is 24.3 Å². The van der Waals surface area contributed by atoms with Crippen molar-refractivity contribution in [3.63, 3.8) is 0 Å². The molecule has 3 saturated heterocycles. The van der Waals surface area contributed by atoms with Gasteiger partial charge in [-0.2, -0.15) is 0 Å². The van der Waals surface area contributed by atoms with Crippen LogP contribution in [-0.2, 0) is 23.7 Å². The van der Waals surface area contributed by atoms with Gasteiger partial charge in [-0.1, -0.05) is 23.8 Å². The van der Waals surface area contributed by atoms with Crippen LogP contribution < -0.4 is 5.32 Å². The molecular weight excluding hydrogens is 334 g/mol. The minimum atomic E-state index is -0.253. The molecule has 0 aromatic rings. The molecule has 146 valence electrons. The number of nitrogens with one attached hydrogen (secondary N) is 1. The summed E-state index contributed by atoms with van der Waals surface area (Å²) in [5.74, 6) is -0.0620. The summed E-state index contributed by atoms with van der Waals surface area (Å²) in [6, 6.07) is -0.0579. The highest BCUT2D eigenvalue weighted by Gasteiger charge is 2.53. The van der Waals surface area contributed by atoms with Crippen molar-refractivity contribution in [2.45, 2.75) is 76.6 Å². The molecule has 6 nitrogen and oxygen atoms in total. The molecule has 0 aliphatic carbocycles. The first-order valence-electron chi connectivity index (χ1n) is 9.42. The van der Waals surface area contributed by atoms with Gasteiger partial charge in [-0.3, -0.25) is 4.79 Å². The zero-order chi connectivity index (χ0) is 18.8. The van der Waals surface area contributed by atoms with Gasteiger partial charge in [0.2, 0.25) is 5.91 Å². The minimum Gasteiger partial charge on any atom is -0.369 e. The van der Waals surface area contributed by atoms with Crippen molar-refractivity contribution in [2.75, 3.05) is 19.8 Å². The number of ether oxygens (including phenoxy) is 4. The number of carbonyl (C=O) groups is 1. The average molecular weight is 365 g/mol. The molecule has 0 aromatic carbocycles. The Morgan fingerprint density at radius 3 is 2.54 bits per heavy atom. The Labute approximate surface area is 155 Å². The molecule has 3 rings (SSSR count). The first-order valence-corrected chi connectivity index (χ1v) is 9.42. The SMILES string of the molecule is CC(=O)NC1COC(C/C=C(C)/C=C/[C@@H]2C[C@]3(CO3)CC(C)(C)O2)OC1. The normalized spacial score (nSPS) is 37.1. The Hall–Kier alpha value is -1.21. The Bertz CT molecular complexity index is 565. The largest absolute Gasteiger partial charge is 0.369 e. The Morgan fingerprint density at radius 2 is 1.92 bits per heavy atom. The van der Waals surface area contributed by atoms with E-state index in [1.54, 1.807) is 0 Å². The van der Waals surface area contributed by atoms with Gasteiger partial charge in [0.1, 0.15) is 0 Å². The number of amides is 1. The van der Waals surface area contributed by atoms with Gasteiger partial charge in [0, 0.05) is 26.2 Å². The third kappa shape index (κ3) is 5.64. The zero-order valence-electron chi connectivity index (χ0n) is 16.2. The first-order chi connectivity index (χ1) is 12.3. The fourth-order valence-electron chi connectivity index (χ4n) is 3.80. The van der Waals surface area contributed by atoms with E-state index in [2.05, 4.69) is 44.3 Å². The topological polar surface area (TPSA) is 69.3 Å². The molecule has 1 amide bonds. The first kappa shape index (κ1) is 19.5. The smallest absolute Gasteiger partial charge is 0.217 e. The van der Waals surface area contributed by atoms with Crippen molar-refractivity contribution < 1.29 is 23.7 Å². The zero-order valence-corrected chi connectivity index (χ0v) is 16.2. The lowest BCUT2D eigenvalue weighted by molar-refractivity contribution is -0.188. The molecule has 0 saturated carbocycles. The van der Waals surface area contributed by atoms with Crippen LogP contribution in [0.2, 0.25) is 0 Å². The Morgan fingerprint density at radius 1 is 1.23 bits per heavy atom. The van der Waals surface area contributed by atoms with Gasteiger partial charge in [0.05, 0.1) is 43.2 Å². The number of hydrogen-bond acceptors (Lipinski definition) is 5. The molecule has 0 unspecified atom stereocenters. The summed E-state index contributed by atoms with van der Waals surface area (Å²) < 4.78 is 23.1. The molecule has 26 heavy (non-hydrogen) atoms. The number of rotatable bonds is 5. The molecule has 3 fully saturated rings. The Kier molecular flexibility index (Phi) is 5.87. The van der Waals surface area contributed by atoms with E-state index in [4.69, 9.17) is 18.9 Å². The van der Waals surface area contributed by atoms with Crippen molar-refractivity contribution >= 4 is 5.91 Å². The van der Waals surface area contributed by atoms with Crippen LogP contribution in [0.1, 0.15) is 47.0 Å². The maximum Gasteiger partial charge on any atom is 0.217 e. The van der Waals surface area contributed by atoms with Gasteiger partial charge in [0.15, 0.2) is 6.29 Å². The number of hydrogen-bond donors (Lipinski definition) is 1. The second kappa shape index (κ2) is 7.80. The van der Waals surface area contributed by atoms with Crippen molar-refractivity contribution in [1.29, 1.82) is 0 Å². The van der Waals surface area contributed by atoms with Crippen LogP contribution in [0, 0.1) is 0 Å². The van der Waals surface area contributed by atoms with Crippen LogP contribution in [0.4, 0.5) is 0 Å². The molecule has 0 radical (unpaired) electrons. The Balaban J connectivity index is 1.44. The standard InChI is InChI=1S/C20H31NO5/c1-14(6-8-18-23-10-16(11-24-18)21-15(2)22)5-7-17-9-20(13-25-20)12-19(3,4)26-17/h5-7,16-18H,8-13H2,1-4H3,(H,21,22)/b7-5+,14-6+/t16?,17-,18?,20-/m1/s1. The van der Waals surface area contributed by atoms with E-state index in [9.17, 15) is 4.79 Å². The molecule has 2 atom stereocenters. The summed E-state index contributed by atoms with van der Waals surface area (Å²) in [5, 5.41) is 2.80. The van der Waals surface area contributed by atoms with Gasteiger partial charge in [-0.15, -0.1) is 0 Å². The lowest BCUT2D eigenvalue weighted by Crippen LogP contribution is -2.46. The van der Waals surface area contributed by atoms with E-state index < -0.39 is 0 Å². The van der Waals surface area contributed by atoms with E-state index in [1.165, 1.54) is 6.92 Å². The average Bonchev–Trinajstić information content (AvgIpc) is 3.28. The van der Waals surface area contributed by atoms with Crippen LogP contribution in [-0.4, -0.2) is 55.4 Å². The predicted molar refractivity (Wildman–Crippen MR) is 97.7 cm³/mol. The van der Waals surface area contributed by atoms with Crippen molar-refractivity contribution in [3.05, 3.63) is 23.8 Å². The van der Waals surface area contributed by atoms with Gasteiger partial charge in [-0.25, -0.2) is 0 Å². The van der Waals surface area contributed by atoms with Crippen LogP contribution in [0.5, 0.6) is 0 Å². The van der Waals surface area contributed by atoms with Crippen LogP contribution >= 0.6 is 0 Å². The van der Waals surface area contributed by atoms with Gasteiger partial charge in [-0.05, 0) is 20.8 Å². The molecule has 0 aromatic heterocycles. The fourth-order valence-corrected chi connectivity index (χ4v) is 3.80. The number of allylic oxidation sites excluding steroid dienone is 2. The molecule has 3 aliphatic rings. The molecule has 6 heteroatoms. The second-order valence-corrected chi connectivity index (χ2v) is 8.31. The number of carbonyl (C=O) groups excluding carboxylic acids is 1. The molecule has 3 heterocycles. The lowest BCUT2D eigenvalue weighted by atomic mass is 9.85. The summed E-state index contributed by atoms with van der Waals surface area (Å²) in [6.45, 7) is 9.65. The third-order valence-corrected chi connectivity index (χ3v) is 4.92. The summed E-state index contributed by atoms with van der Waals surface area (Å²) in [5.41, 5.74) is 1.05. The van der Waals surface area contributed by atoms with E-state index in [1.807, 2.05) is 0 Å². The van der Waals surface area contributed by atoms with E-state index in [-0.39, 0.29) is 35.5 Å². The van der Waals surface area contributed by atoms with Crippen LogP contribution in [0.3, 0.4) is 0 Å². The summed E-state index contributed by atoms with van der Waals surface area (Å²) in [7, 11) is 0. The van der Waals surface area contributed by atoms with E-state index in [0.29, 0.717) is 19.6 Å². The molecule has 0 bridgehead atoms.